The van der Waals surface area contributed by atoms with Gasteiger partial charge < -0.3 is 9.32 Å². The molecule has 0 bridgehead atoms. The first kappa shape index (κ1) is 42.4. The number of rotatable bonds is 9. The molecule has 0 atom stereocenters. The third kappa shape index (κ3) is 7.02. The fraction of sp³-hybridized carbons (Fsp3) is 0.0141. The van der Waals surface area contributed by atoms with Crippen molar-refractivity contribution >= 4 is 49.8 Å². The summed E-state index contributed by atoms with van der Waals surface area (Å²) in [6.45, 7) is 0. The van der Waals surface area contributed by atoms with Crippen LogP contribution < -0.4 is 4.90 Å². The van der Waals surface area contributed by atoms with Crippen molar-refractivity contribution < 1.29 is 4.42 Å². The van der Waals surface area contributed by atoms with Gasteiger partial charge in [-0.2, -0.15) is 0 Å². The second-order valence-electron chi connectivity index (χ2n) is 19.2. The molecule has 1 aliphatic rings. The quantitative estimate of drug-likeness (QED) is 0.143. The van der Waals surface area contributed by atoms with E-state index in [1.165, 1.54) is 66.4 Å². The van der Waals surface area contributed by atoms with Gasteiger partial charge >= 0.3 is 0 Å². The van der Waals surface area contributed by atoms with Crippen molar-refractivity contribution in [2.45, 2.75) is 5.41 Å². The van der Waals surface area contributed by atoms with Crippen LogP contribution in [0, 0.1) is 0 Å². The number of furan rings is 1. The zero-order valence-corrected chi connectivity index (χ0v) is 40.0. The Hall–Kier alpha value is -9.50. The molecule has 342 valence electrons. The van der Waals surface area contributed by atoms with Gasteiger partial charge in [0.1, 0.15) is 11.2 Å². The van der Waals surface area contributed by atoms with Crippen LogP contribution >= 0.6 is 0 Å². The molecule has 1 heterocycles. The van der Waals surface area contributed by atoms with Crippen molar-refractivity contribution in [3.63, 3.8) is 0 Å². The molecule has 2 heteroatoms. The predicted octanol–water partition coefficient (Wildman–Crippen LogP) is 19.2. The highest BCUT2D eigenvalue weighted by molar-refractivity contribution is 6.06. The summed E-state index contributed by atoms with van der Waals surface area (Å²) in [6, 6.07) is 104. The molecule has 73 heavy (non-hydrogen) atoms. The molecule has 0 N–H and O–H groups in total. The number of para-hydroxylation sites is 2. The number of hydrogen-bond acceptors (Lipinski definition) is 2. The van der Waals surface area contributed by atoms with Crippen molar-refractivity contribution in [3.8, 4) is 55.6 Å². The third-order valence-electron chi connectivity index (χ3n) is 15.2. The number of benzene rings is 12. The molecule has 2 nitrogen and oxygen atoms in total. The lowest BCUT2D eigenvalue weighted by atomic mass is 9.67. The van der Waals surface area contributed by atoms with Gasteiger partial charge in [0.25, 0.3) is 0 Å². The highest BCUT2D eigenvalue weighted by Crippen LogP contribution is 2.59. The lowest BCUT2D eigenvalue weighted by Gasteiger charge is -2.34. The molecule has 13 aromatic rings. The van der Waals surface area contributed by atoms with Crippen LogP contribution in [0.15, 0.2) is 290 Å². The summed E-state index contributed by atoms with van der Waals surface area (Å²) in [5.74, 6) is 0. The number of hydrogen-bond donors (Lipinski definition) is 0. The van der Waals surface area contributed by atoms with Gasteiger partial charge in [0.15, 0.2) is 0 Å². The molecule has 0 amide bonds. The maximum absolute atomic E-state index is 6.27. The Bertz CT molecular complexity index is 4150. The van der Waals surface area contributed by atoms with E-state index in [0.717, 1.165) is 61.3 Å². The molecule has 12 aromatic carbocycles. The summed E-state index contributed by atoms with van der Waals surface area (Å²) in [5.41, 5.74) is 21.4. The van der Waals surface area contributed by atoms with E-state index in [0.29, 0.717) is 0 Å². The fourth-order valence-corrected chi connectivity index (χ4v) is 11.8. The summed E-state index contributed by atoms with van der Waals surface area (Å²) < 4.78 is 6.27. The maximum Gasteiger partial charge on any atom is 0.135 e. The molecule has 14 rings (SSSR count). The topological polar surface area (TPSA) is 16.4 Å². The van der Waals surface area contributed by atoms with Crippen LogP contribution in [0.2, 0.25) is 0 Å². The normalized spacial score (nSPS) is 12.5. The van der Waals surface area contributed by atoms with Gasteiger partial charge in [-0.25, -0.2) is 0 Å². The molecular formula is C71H47NO. The highest BCUT2D eigenvalue weighted by Gasteiger charge is 2.47. The van der Waals surface area contributed by atoms with Crippen LogP contribution in [0.25, 0.3) is 88.3 Å². The fourth-order valence-electron chi connectivity index (χ4n) is 11.8. The molecule has 0 saturated heterocycles. The molecule has 0 saturated carbocycles. The second-order valence-corrected chi connectivity index (χ2v) is 19.2. The molecular weight excluding hydrogens is 883 g/mol. The first-order valence-corrected chi connectivity index (χ1v) is 25.1. The summed E-state index contributed by atoms with van der Waals surface area (Å²) in [5, 5.41) is 4.73. The standard InChI is InChI=1S/C71H47NO/c1-3-20-56(21-4-1)71(57-22-5-2-6-23-57)65-29-12-9-27-63(65)70-62(28-16-30-66(70)71)60-25-10-13-31-67(60)72(59-24-15-19-53(46-59)55-41-44-69-64(47-55)61-26-11-14-32-68(61)73-69)58-42-39-50(40-43-58)49-33-35-51(36-34-49)54-38-37-48-17-7-8-18-52(48)45-54/h1-47H. The molecule has 1 aliphatic carbocycles. The average molecular weight is 930 g/mol. The van der Waals surface area contributed by atoms with Gasteiger partial charge in [-0.1, -0.05) is 231 Å². The van der Waals surface area contributed by atoms with E-state index < -0.39 is 5.41 Å². The number of anilines is 3. The maximum atomic E-state index is 6.27. The lowest BCUT2D eigenvalue weighted by Crippen LogP contribution is -2.28. The Morgan fingerprint density at radius 1 is 0.288 bits per heavy atom. The lowest BCUT2D eigenvalue weighted by molar-refractivity contribution is 0.669. The van der Waals surface area contributed by atoms with Crippen LogP contribution in [0.5, 0.6) is 0 Å². The van der Waals surface area contributed by atoms with Crippen molar-refractivity contribution in [2.75, 3.05) is 4.90 Å². The molecule has 0 aliphatic heterocycles. The van der Waals surface area contributed by atoms with Gasteiger partial charge in [0.2, 0.25) is 0 Å². The van der Waals surface area contributed by atoms with Crippen LogP contribution in [0.3, 0.4) is 0 Å². The van der Waals surface area contributed by atoms with E-state index in [4.69, 9.17) is 4.42 Å². The van der Waals surface area contributed by atoms with Gasteiger partial charge in [0, 0.05) is 27.7 Å². The van der Waals surface area contributed by atoms with Crippen LogP contribution in [0.1, 0.15) is 22.3 Å². The molecule has 0 fully saturated rings. The molecule has 1 aromatic heterocycles. The summed E-state index contributed by atoms with van der Waals surface area (Å²) in [4.78, 5) is 2.44. The number of fused-ring (bicyclic) bond motifs is 7. The summed E-state index contributed by atoms with van der Waals surface area (Å²) >= 11 is 0. The van der Waals surface area contributed by atoms with E-state index >= 15 is 0 Å². The van der Waals surface area contributed by atoms with Crippen LogP contribution in [-0.4, -0.2) is 0 Å². The smallest absolute Gasteiger partial charge is 0.135 e. The van der Waals surface area contributed by atoms with Crippen molar-refractivity contribution in [3.05, 3.63) is 307 Å². The van der Waals surface area contributed by atoms with Crippen LogP contribution in [-0.2, 0) is 5.41 Å². The van der Waals surface area contributed by atoms with Gasteiger partial charge in [-0.05, 0) is 138 Å². The van der Waals surface area contributed by atoms with Crippen LogP contribution in [0.4, 0.5) is 17.1 Å². The minimum atomic E-state index is -0.516. The SMILES string of the molecule is c1ccc(C2(c3ccccc3)c3ccccc3-c3c(-c4ccccc4N(c4ccc(-c5ccc(-c6ccc7ccccc7c6)cc5)cc4)c4cccc(-c5ccc6oc7ccccc7c6c5)c4)cccc32)cc1. The highest BCUT2D eigenvalue weighted by atomic mass is 16.3. The Balaban J connectivity index is 0.927. The Morgan fingerprint density at radius 3 is 1.60 bits per heavy atom. The van der Waals surface area contributed by atoms with Gasteiger partial charge in [-0.15, -0.1) is 0 Å². The largest absolute Gasteiger partial charge is 0.456 e. The Labute approximate surface area is 425 Å². The Morgan fingerprint density at radius 2 is 0.822 bits per heavy atom. The van der Waals surface area contributed by atoms with Crippen molar-refractivity contribution in [1.29, 1.82) is 0 Å². The van der Waals surface area contributed by atoms with E-state index in [-0.39, 0.29) is 0 Å². The average Bonchev–Trinajstić information content (AvgIpc) is 4.02. The zero-order valence-electron chi connectivity index (χ0n) is 40.0. The van der Waals surface area contributed by atoms with Gasteiger partial charge in [-0.3, -0.25) is 0 Å². The minimum absolute atomic E-state index is 0.516. The summed E-state index contributed by atoms with van der Waals surface area (Å²) in [6.07, 6.45) is 0. The monoisotopic (exact) mass is 929 g/mol. The minimum Gasteiger partial charge on any atom is -0.456 e. The first-order chi connectivity index (χ1) is 36.2. The first-order valence-electron chi connectivity index (χ1n) is 25.1. The molecule has 0 unspecified atom stereocenters. The number of nitrogens with zero attached hydrogens (tertiary/aromatic N) is 1. The van der Waals surface area contributed by atoms with E-state index in [9.17, 15) is 0 Å². The Kier molecular flexibility index (Phi) is 10.1. The van der Waals surface area contributed by atoms with Crippen molar-refractivity contribution in [1.82, 2.24) is 0 Å². The third-order valence-corrected chi connectivity index (χ3v) is 15.2. The zero-order chi connectivity index (χ0) is 48.3. The van der Waals surface area contributed by atoms with Gasteiger partial charge in [0.05, 0.1) is 11.1 Å². The summed E-state index contributed by atoms with van der Waals surface area (Å²) in [7, 11) is 0. The van der Waals surface area contributed by atoms with Crippen molar-refractivity contribution in [2.24, 2.45) is 0 Å². The second kappa shape index (κ2) is 17.4. The predicted molar refractivity (Wildman–Crippen MR) is 305 cm³/mol. The molecule has 0 radical (unpaired) electrons. The van der Waals surface area contributed by atoms with E-state index in [1.807, 2.05) is 12.1 Å². The van der Waals surface area contributed by atoms with E-state index in [2.05, 4.69) is 278 Å². The molecule has 0 spiro atoms. The van der Waals surface area contributed by atoms with E-state index in [1.54, 1.807) is 0 Å².